The number of hydrogen-bond donors (Lipinski definition) is 0. The first kappa shape index (κ1) is 9.47. The highest BCUT2D eigenvalue weighted by Crippen LogP contribution is 2.16. The van der Waals surface area contributed by atoms with Gasteiger partial charge in [0.05, 0.1) is 12.5 Å². The van der Waals surface area contributed by atoms with Crippen molar-refractivity contribution in [2.24, 2.45) is 0 Å². The molecule has 0 atom stereocenters. The molecule has 0 aliphatic heterocycles. The molecule has 6 heteroatoms. The van der Waals surface area contributed by atoms with E-state index in [2.05, 4.69) is 25.1 Å². The van der Waals surface area contributed by atoms with Gasteiger partial charge in [-0.3, -0.25) is 4.98 Å². The van der Waals surface area contributed by atoms with Crippen molar-refractivity contribution in [3.05, 3.63) is 22.9 Å². The second-order valence-electron chi connectivity index (χ2n) is 2.13. The molecule has 0 saturated carbocycles. The topological polar surface area (TPSA) is 56.3 Å². The molecule has 0 N–H and O–H groups in total. The summed E-state index contributed by atoms with van der Waals surface area (Å²) in [6, 6.07) is 1.52. The molecular weight excluding hydrogens is 246 g/mol. The van der Waals surface area contributed by atoms with Crippen molar-refractivity contribution in [3.63, 3.8) is 0 Å². The molecule has 4 nitrogen and oxygen atoms in total. The first-order valence-corrected chi connectivity index (χ1v) is 5.58. The Balaban J connectivity index is 2.91. The van der Waals surface area contributed by atoms with Gasteiger partial charge < -0.3 is 4.18 Å². The summed E-state index contributed by atoms with van der Waals surface area (Å²) in [7, 11) is -3.45. The number of aromatic nitrogens is 1. The molecule has 0 spiro atoms. The molecule has 1 rings (SSSR count). The molecule has 1 heterocycles. The summed E-state index contributed by atoms with van der Waals surface area (Å²) in [6.45, 7) is 0. The zero-order valence-corrected chi connectivity index (χ0v) is 8.59. The second kappa shape index (κ2) is 3.40. The van der Waals surface area contributed by atoms with Crippen LogP contribution in [0, 0.1) is 0 Å². The first-order chi connectivity index (χ1) is 5.47. The fourth-order valence-corrected chi connectivity index (χ4v) is 1.40. The third-order valence-corrected chi connectivity index (χ3v) is 1.86. The van der Waals surface area contributed by atoms with E-state index in [-0.39, 0.29) is 5.75 Å². The maximum absolute atomic E-state index is 10.6. The van der Waals surface area contributed by atoms with Crippen molar-refractivity contribution in [1.82, 2.24) is 4.98 Å². The Morgan fingerprint density at radius 2 is 2.17 bits per heavy atom. The first-order valence-electron chi connectivity index (χ1n) is 2.97. The van der Waals surface area contributed by atoms with Gasteiger partial charge in [0, 0.05) is 10.7 Å². The Hall–Kier alpha value is -0.620. The average molecular weight is 252 g/mol. The van der Waals surface area contributed by atoms with E-state index in [0.29, 0.717) is 4.47 Å². The van der Waals surface area contributed by atoms with Crippen LogP contribution in [-0.2, 0) is 10.1 Å². The van der Waals surface area contributed by atoms with Crippen LogP contribution in [0.4, 0.5) is 0 Å². The number of halogens is 1. The summed E-state index contributed by atoms with van der Waals surface area (Å²) in [5.41, 5.74) is 0. The normalized spacial score (nSPS) is 11.2. The van der Waals surface area contributed by atoms with E-state index in [0.717, 1.165) is 6.26 Å². The molecule has 0 radical (unpaired) electrons. The van der Waals surface area contributed by atoms with Gasteiger partial charge in [-0.2, -0.15) is 8.42 Å². The fourth-order valence-electron chi connectivity index (χ4n) is 0.613. The quantitative estimate of drug-likeness (QED) is 0.741. The largest absolute Gasteiger partial charge is 0.381 e. The third kappa shape index (κ3) is 3.19. The average Bonchev–Trinajstić information content (AvgIpc) is 1.82. The molecule has 0 aliphatic carbocycles. The van der Waals surface area contributed by atoms with Crippen LogP contribution in [0.5, 0.6) is 5.75 Å². The zero-order chi connectivity index (χ0) is 9.19. The van der Waals surface area contributed by atoms with E-state index in [4.69, 9.17) is 0 Å². The predicted octanol–water partition coefficient (Wildman–Crippen LogP) is 1.18. The van der Waals surface area contributed by atoms with Gasteiger partial charge in [-0.25, -0.2) is 0 Å². The van der Waals surface area contributed by atoms with Gasteiger partial charge in [0.15, 0.2) is 5.75 Å². The summed E-state index contributed by atoms with van der Waals surface area (Å²) < 4.78 is 26.5. The SMILES string of the molecule is CS(=O)(=O)Oc1cncc(Br)c1. The number of pyridine rings is 1. The number of nitrogens with zero attached hydrogens (tertiary/aromatic N) is 1. The Morgan fingerprint density at radius 3 is 2.67 bits per heavy atom. The van der Waals surface area contributed by atoms with E-state index in [1.165, 1.54) is 18.5 Å². The highest BCUT2D eigenvalue weighted by atomic mass is 79.9. The van der Waals surface area contributed by atoms with Crippen LogP contribution >= 0.6 is 15.9 Å². The lowest BCUT2D eigenvalue weighted by Gasteiger charge is -2.00. The third-order valence-electron chi connectivity index (χ3n) is 0.927. The van der Waals surface area contributed by atoms with Gasteiger partial charge in [0.1, 0.15) is 0 Å². The van der Waals surface area contributed by atoms with Gasteiger partial charge in [-0.05, 0) is 22.0 Å². The van der Waals surface area contributed by atoms with Crippen LogP contribution in [0.15, 0.2) is 22.9 Å². The molecule has 0 bridgehead atoms. The predicted molar refractivity (Wildman–Crippen MR) is 47.4 cm³/mol. The van der Waals surface area contributed by atoms with Crippen LogP contribution < -0.4 is 4.18 Å². The van der Waals surface area contributed by atoms with Crippen molar-refractivity contribution in [2.45, 2.75) is 0 Å². The molecule has 0 fully saturated rings. The minimum atomic E-state index is -3.45. The Labute approximate surface area is 78.8 Å². The van der Waals surface area contributed by atoms with Crippen molar-refractivity contribution in [3.8, 4) is 5.75 Å². The molecule has 0 amide bonds. The summed E-state index contributed by atoms with van der Waals surface area (Å²) in [5.74, 6) is 0.201. The molecule has 0 aliphatic rings. The van der Waals surface area contributed by atoms with E-state index in [9.17, 15) is 8.42 Å². The van der Waals surface area contributed by atoms with E-state index < -0.39 is 10.1 Å². The minimum Gasteiger partial charge on any atom is -0.381 e. The van der Waals surface area contributed by atoms with Crippen LogP contribution in [0.25, 0.3) is 0 Å². The summed E-state index contributed by atoms with van der Waals surface area (Å²) in [6.07, 6.45) is 3.84. The number of hydrogen-bond acceptors (Lipinski definition) is 4. The van der Waals surface area contributed by atoms with Gasteiger partial charge in [-0.15, -0.1) is 0 Å². The smallest absolute Gasteiger partial charge is 0.306 e. The summed E-state index contributed by atoms with van der Waals surface area (Å²) in [4.78, 5) is 3.73. The lowest BCUT2D eigenvalue weighted by molar-refractivity contribution is 0.491. The molecular formula is C6H6BrNO3S. The molecule has 1 aromatic rings. The minimum absolute atomic E-state index is 0.201. The maximum Gasteiger partial charge on any atom is 0.306 e. The van der Waals surface area contributed by atoms with Gasteiger partial charge in [0.2, 0.25) is 0 Å². The molecule has 0 aromatic carbocycles. The van der Waals surface area contributed by atoms with Crippen molar-refractivity contribution in [2.75, 3.05) is 6.26 Å². The van der Waals surface area contributed by atoms with Gasteiger partial charge in [0.25, 0.3) is 0 Å². The van der Waals surface area contributed by atoms with Gasteiger partial charge in [-0.1, -0.05) is 0 Å². The van der Waals surface area contributed by atoms with Crippen molar-refractivity contribution < 1.29 is 12.6 Å². The maximum atomic E-state index is 10.6. The summed E-state index contributed by atoms with van der Waals surface area (Å²) in [5, 5.41) is 0. The van der Waals surface area contributed by atoms with E-state index >= 15 is 0 Å². The van der Waals surface area contributed by atoms with Crippen LogP contribution in [0.2, 0.25) is 0 Å². The zero-order valence-electron chi connectivity index (χ0n) is 6.19. The lowest BCUT2D eigenvalue weighted by atomic mass is 10.5. The highest BCUT2D eigenvalue weighted by Gasteiger charge is 2.03. The second-order valence-corrected chi connectivity index (χ2v) is 4.62. The number of rotatable bonds is 2. The Morgan fingerprint density at radius 1 is 1.50 bits per heavy atom. The Kier molecular flexibility index (Phi) is 2.69. The molecule has 66 valence electrons. The molecule has 0 saturated heterocycles. The van der Waals surface area contributed by atoms with E-state index in [1.54, 1.807) is 0 Å². The van der Waals surface area contributed by atoms with Crippen molar-refractivity contribution in [1.29, 1.82) is 0 Å². The van der Waals surface area contributed by atoms with E-state index in [1.807, 2.05) is 0 Å². The standard InChI is InChI=1S/C6H6BrNO3S/c1-12(9,10)11-6-2-5(7)3-8-4-6/h2-4H,1H3. The van der Waals surface area contributed by atoms with Crippen molar-refractivity contribution >= 4 is 26.0 Å². The lowest BCUT2D eigenvalue weighted by Crippen LogP contribution is -2.05. The fraction of sp³-hybridized carbons (Fsp3) is 0.167. The molecule has 12 heavy (non-hydrogen) atoms. The molecule has 0 unspecified atom stereocenters. The van der Waals surface area contributed by atoms with Crippen LogP contribution in [0.1, 0.15) is 0 Å². The molecule has 1 aromatic heterocycles. The summed E-state index contributed by atoms with van der Waals surface area (Å²) >= 11 is 3.13. The highest BCUT2D eigenvalue weighted by molar-refractivity contribution is 9.10. The van der Waals surface area contributed by atoms with Gasteiger partial charge >= 0.3 is 10.1 Å². The monoisotopic (exact) mass is 251 g/mol. The Bertz CT molecular complexity index is 376. The van der Waals surface area contributed by atoms with Crippen LogP contribution in [-0.4, -0.2) is 19.7 Å². The van der Waals surface area contributed by atoms with Crippen LogP contribution in [0.3, 0.4) is 0 Å².